The molecule has 0 aliphatic heterocycles. The molecule has 1 heterocycles. The first kappa shape index (κ1) is 13.5. The van der Waals surface area contributed by atoms with Crippen LogP contribution < -0.4 is 5.73 Å². The van der Waals surface area contributed by atoms with Gasteiger partial charge in [0, 0.05) is 10.5 Å². The molecule has 0 amide bonds. The van der Waals surface area contributed by atoms with Gasteiger partial charge in [-0.25, -0.2) is 4.98 Å². The van der Waals surface area contributed by atoms with Crippen molar-refractivity contribution in [3.8, 4) is 0 Å². The first-order chi connectivity index (χ1) is 8.88. The van der Waals surface area contributed by atoms with Crippen LogP contribution in [-0.2, 0) is 6.18 Å². The summed E-state index contributed by atoms with van der Waals surface area (Å²) in [5, 5.41) is 7.40. The van der Waals surface area contributed by atoms with Crippen LogP contribution in [0.25, 0.3) is 0 Å². The Labute approximate surface area is 110 Å². The van der Waals surface area contributed by atoms with E-state index in [2.05, 4.69) is 4.98 Å². The van der Waals surface area contributed by atoms with E-state index in [0.29, 0.717) is 4.90 Å². The molecule has 0 spiro atoms. The van der Waals surface area contributed by atoms with Crippen molar-refractivity contribution in [3.63, 3.8) is 0 Å². The van der Waals surface area contributed by atoms with E-state index >= 15 is 0 Å². The quantitative estimate of drug-likeness (QED) is 0.671. The molecule has 0 atom stereocenters. The molecule has 0 bridgehead atoms. The topological polar surface area (TPSA) is 75.9 Å². The van der Waals surface area contributed by atoms with Crippen molar-refractivity contribution in [2.24, 2.45) is 5.73 Å². The molecule has 0 saturated heterocycles. The van der Waals surface area contributed by atoms with E-state index in [1.807, 2.05) is 0 Å². The molecule has 0 radical (unpaired) electrons. The van der Waals surface area contributed by atoms with Gasteiger partial charge >= 0.3 is 6.18 Å². The minimum atomic E-state index is -4.58. The number of nitrogens with one attached hydrogen (secondary N) is 1. The Morgan fingerprint density at radius 1 is 1.37 bits per heavy atom. The minimum absolute atomic E-state index is 0.240. The smallest absolute Gasteiger partial charge is 0.417 e. The molecule has 100 valence electrons. The van der Waals surface area contributed by atoms with Gasteiger partial charge in [-0.3, -0.25) is 5.41 Å². The molecule has 0 aliphatic carbocycles. The number of rotatable bonds is 3. The molecule has 2 rings (SSSR count). The predicted octanol–water partition coefficient (Wildman–Crippen LogP) is 3.13. The van der Waals surface area contributed by atoms with Gasteiger partial charge < -0.3 is 10.2 Å². The summed E-state index contributed by atoms with van der Waals surface area (Å²) in [7, 11) is 0. The maximum absolute atomic E-state index is 12.9. The van der Waals surface area contributed by atoms with Gasteiger partial charge in [-0.2, -0.15) is 13.2 Å². The summed E-state index contributed by atoms with van der Waals surface area (Å²) in [5.74, 6) is -0.625. The zero-order valence-corrected chi connectivity index (χ0v) is 10.2. The van der Waals surface area contributed by atoms with Crippen molar-refractivity contribution in [3.05, 3.63) is 41.8 Å². The number of hydrogen-bond donors (Lipinski definition) is 2. The second-order valence-electron chi connectivity index (χ2n) is 3.52. The fourth-order valence-corrected chi connectivity index (χ4v) is 2.15. The zero-order valence-electron chi connectivity index (χ0n) is 9.36. The third kappa shape index (κ3) is 3.08. The summed E-state index contributed by atoms with van der Waals surface area (Å²) in [6, 6.07) is 3.52. The Morgan fingerprint density at radius 3 is 2.63 bits per heavy atom. The fourth-order valence-electron chi connectivity index (χ4n) is 1.42. The predicted molar refractivity (Wildman–Crippen MR) is 63.1 cm³/mol. The number of aromatic nitrogens is 1. The van der Waals surface area contributed by atoms with E-state index in [9.17, 15) is 13.2 Å². The number of alkyl halides is 3. The molecule has 1 aromatic carbocycles. The van der Waals surface area contributed by atoms with Gasteiger partial charge in [-0.05, 0) is 30.0 Å². The Morgan fingerprint density at radius 2 is 2.11 bits per heavy atom. The van der Waals surface area contributed by atoms with Crippen molar-refractivity contribution < 1.29 is 17.6 Å². The lowest BCUT2D eigenvalue weighted by atomic mass is 10.1. The number of halogens is 3. The number of amidine groups is 1. The summed E-state index contributed by atoms with van der Waals surface area (Å²) < 4.78 is 43.5. The third-order valence-corrected chi connectivity index (χ3v) is 3.07. The maximum Gasteiger partial charge on any atom is 0.417 e. The molecular formula is C11H8F3N3OS. The van der Waals surface area contributed by atoms with Crippen LogP contribution in [0.15, 0.2) is 45.2 Å². The van der Waals surface area contributed by atoms with Crippen LogP contribution in [0.5, 0.6) is 0 Å². The van der Waals surface area contributed by atoms with Gasteiger partial charge in [0.1, 0.15) is 12.1 Å². The Bertz CT molecular complexity index is 596. The summed E-state index contributed by atoms with van der Waals surface area (Å²) >= 11 is 0.956. The monoisotopic (exact) mass is 287 g/mol. The second-order valence-corrected chi connectivity index (χ2v) is 4.54. The first-order valence-corrected chi connectivity index (χ1v) is 5.82. The number of nitrogens with two attached hydrogens (primary N) is 1. The van der Waals surface area contributed by atoms with E-state index in [1.54, 1.807) is 0 Å². The van der Waals surface area contributed by atoms with E-state index in [-0.39, 0.29) is 10.8 Å². The van der Waals surface area contributed by atoms with E-state index < -0.39 is 17.6 Å². The minimum Gasteiger partial charge on any atom is -0.440 e. The van der Waals surface area contributed by atoms with Crippen LogP contribution in [0.2, 0.25) is 0 Å². The lowest BCUT2D eigenvalue weighted by Gasteiger charge is -2.12. The molecule has 19 heavy (non-hydrogen) atoms. The molecule has 4 nitrogen and oxygen atoms in total. The van der Waals surface area contributed by atoms with E-state index in [1.165, 1.54) is 18.5 Å². The fraction of sp³-hybridized carbons (Fsp3) is 0.0909. The third-order valence-electron chi connectivity index (χ3n) is 2.20. The summed E-state index contributed by atoms with van der Waals surface area (Å²) in [5.41, 5.74) is 3.85. The van der Waals surface area contributed by atoms with Crippen molar-refractivity contribution in [2.45, 2.75) is 16.3 Å². The molecular weight excluding hydrogens is 279 g/mol. The van der Waals surface area contributed by atoms with Crippen LogP contribution in [-0.4, -0.2) is 10.8 Å². The van der Waals surface area contributed by atoms with Gasteiger partial charge in [-0.1, -0.05) is 0 Å². The lowest BCUT2D eigenvalue weighted by molar-refractivity contribution is -0.137. The van der Waals surface area contributed by atoms with Gasteiger partial charge in [-0.15, -0.1) is 0 Å². The number of hydrogen-bond acceptors (Lipinski definition) is 4. The lowest BCUT2D eigenvalue weighted by Crippen LogP contribution is -2.18. The van der Waals surface area contributed by atoms with Crippen LogP contribution in [0, 0.1) is 5.41 Å². The summed E-state index contributed by atoms with van der Waals surface area (Å²) in [4.78, 5) is 4.11. The standard InChI is InChI=1S/C11H8F3N3OS/c12-11(13,14)8-5-6(1-2-7(8)9(15)16)19-10-17-3-4-18-10/h1-5H,(H3,15,16). The number of nitrogen functional groups attached to an aromatic ring is 1. The van der Waals surface area contributed by atoms with E-state index in [4.69, 9.17) is 15.6 Å². The number of benzene rings is 1. The first-order valence-electron chi connectivity index (χ1n) is 5.01. The van der Waals surface area contributed by atoms with Gasteiger partial charge in [0.15, 0.2) is 0 Å². The average molecular weight is 287 g/mol. The van der Waals surface area contributed by atoms with Crippen molar-refractivity contribution >= 4 is 17.6 Å². The average Bonchev–Trinajstić information content (AvgIpc) is 2.80. The van der Waals surface area contributed by atoms with Crippen molar-refractivity contribution in [1.82, 2.24) is 4.98 Å². The van der Waals surface area contributed by atoms with Gasteiger partial charge in [0.25, 0.3) is 5.22 Å². The maximum atomic E-state index is 12.9. The largest absolute Gasteiger partial charge is 0.440 e. The molecule has 0 unspecified atom stereocenters. The highest BCUT2D eigenvalue weighted by Gasteiger charge is 2.34. The Balaban J connectivity index is 2.41. The number of nitrogens with zero attached hydrogens (tertiary/aromatic N) is 1. The van der Waals surface area contributed by atoms with E-state index in [0.717, 1.165) is 23.9 Å². The molecule has 0 aliphatic rings. The second kappa shape index (κ2) is 4.96. The zero-order chi connectivity index (χ0) is 14.0. The molecule has 3 N–H and O–H groups in total. The normalized spacial score (nSPS) is 11.5. The molecule has 2 aromatic rings. The van der Waals surface area contributed by atoms with Crippen LogP contribution >= 0.6 is 11.8 Å². The summed E-state index contributed by atoms with van der Waals surface area (Å²) in [6.45, 7) is 0. The van der Waals surface area contributed by atoms with Crippen LogP contribution in [0.4, 0.5) is 13.2 Å². The van der Waals surface area contributed by atoms with Crippen molar-refractivity contribution in [2.75, 3.05) is 0 Å². The highest BCUT2D eigenvalue weighted by Crippen LogP contribution is 2.36. The Hall–Kier alpha value is -1.96. The Kier molecular flexibility index (Phi) is 3.52. The molecule has 1 aromatic heterocycles. The highest BCUT2D eigenvalue weighted by atomic mass is 32.2. The van der Waals surface area contributed by atoms with Crippen LogP contribution in [0.1, 0.15) is 11.1 Å². The molecule has 8 heteroatoms. The molecule has 0 fully saturated rings. The molecule has 0 saturated carbocycles. The van der Waals surface area contributed by atoms with Crippen LogP contribution in [0.3, 0.4) is 0 Å². The summed E-state index contributed by atoms with van der Waals surface area (Å²) in [6.07, 6.45) is -1.85. The SMILES string of the molecule is N=C(N)c1ccc(Sc2ncco2)cc1C(F)(F)F. The van der Waals surface area contributed by atoms with Crippen molar-refractivity contribution in [1.29, 1.82) is 5.41 Å². The number of oxazole rings is 1. The van der Waals surface area contributed by atoms with Gasteiger partial charge in [0.05, 0.1) is 11.8 Å². The van der Waals surface area contributed by atoms with Gasteiger partial charge in [0.2, 0.25) is 0 Å². The highest BCUT2D eigenvalue weighted by molar-refractivity contribution is 7.99.